The number of anilines is 2. The molecule has 0 fully saturated rings. The van der Waals surface area contributed by atoms with Gasteiger partial charge in [0.25, 0.3) is 0 Å². The summed E-state index contributed by atoms with van der Waals surface area (Å²) >= 11 is 0. The van der Waals surface area contributed by atoms with E-state index in [0.717, 1.165) is 11.3 Å². The van der Waals surface area contributed by atoms with Gasteiger partial charge in [0.1, 0.15) is 5.75 Å². The lowest BCUT2D eigenvalue weighted by molar-refractivity contribution is 0.253. The van der Waals surface area contributed by atoms with Gasteiger partial charge in [0, 0.05) is 31.4 Å². The number of amides is 2. The van der Waals surface area contributed by atoms with Crippen molar-refractivity contribution >= 4 is 17.4 Å². The number of ether oxygens (including phenoxy) is 1. The summed E-state index contributed by atoms with van der Waals surface area (Å²) in [6.45, 7) is 0.261. The van der Waals surface area contributed by atoms with Gasteiger partial charge in [0.2, 0.25) is 0 Å². The maximum absolute atomic E-state index is 11.9. The fourth-order valence-corrected chi connectivity index (χ4v) is 2.11. The van der Waals surface area contributed by atoms with Crippen molar-refractivity contribution in [2.24, 2.45) is 0 Å². The average molecular weight is 323 g/mol. The van der Waals surface area contributed by atoms with Gasteiger partial charge in [-0.3, -0.25) is 0 Å². The van der Waals surface area contributed by atoms with Gasteiger partial charge in [0.05, 0.1) is 19.3 Å². The molecule has 0 bridgehead atoms. The molecule has 2 amide bonds. The number of hydrogen-bond donors (Lipinski definition) is 2. The number of nitrogens with zero attached hydrogens (tertiary/aromatic N) is 1. The molecule has 5 heteroatoms. The Hall–Kier alpha value is -3.13. The van der Waals surface area contributed by atoms with Crippen LogP contribution in [0.25, 0.3) is 0 Å². The van der Waals surface area contributed by atoms with Crippen LogP contribution in [0.15, 0.2) is 48.5 Å². The topological polar surface area (TPSA) is 53.6 Å². The van der Waals surface area contributed by atoms with Gasteiger partial charge in [-0.15, -0.1) is 0 Å². The first-order valence-electron chi connectivity index (χ1n) is 7.54. The summed E-state index contributed by atoms with van der Waals surface area (Å²) in [6, 6.07) is 14.7. The van der Waals surface area contributed by atoms with Crippen LogP contribution in [0.2, 0.25) is 0 Å². The lowest BCUT2D eigenvalue weighted by atomic mass is 10.1. The predicted molar refractivity (Wildman–Crippen MR) is 97.7 cm³/mol. The lowest BCUT2D eigenvalue weighted by Gasteiger charge is -2.13. The number of carbonyl (C=O) groups excluding carboxylic acids is 1. The van der Waals surface area contributed by atoms with Gasteiger partial charge in [-0.1, -0.05) is 30.0 Å². The number of urea groups is 1. The highest BCUT2D eigenvalue weighted by Gasteiger charge is 2.02. The minimum atomic E-state index is -0.307. The van der Waals surface area contributed by atoms with Crippen LogP contribution in [0.5, 0.6) is 5.75 Å². The van der Waals surface area contributed by atoms with Crippen LogP contribution in [-0.2, 0) is 0 Å². The predicted octanol–water partition coefficient (Wildman–Crippen LogP) is 2.93. The molecule has 124 valence electrons. The van der Waals surface area contributed by atoms with Gasteiger partial charge >= 0.3 is 6.03 Å². The molecule has 5 nitrogen and oxygen atoms in total. The van der Waals surface area contributed by atoms with Crippen LogP contribution >= 0.6 is 0 Å². The zero-order chi connectivity index (χ0) is 17.4. The third-order valence-corrected chi connectivity index (χ3v) is 3.27. The van der Waals surface area contributed by atoms with E-state index in [1.54, 1.807) is 19.2 Å². The summed E-state index contributed by atoms with van der Waals surface area (Å²) in [6.07, 6.45) is 0. The molecule has 0 radical (unpaired) electrons. The van der Waals surface area contributed by atoms with Crippen LogP contribution in [0.1, 0.15) is 5.56 Å². The Morgan fingerprint density at radius 2 is 1.96 bits per heavy atom. The molecule has 0 aliphatic carbocycles. The Morgan fingerprint density at radius 3 is 2.71 bits per heavy atom. The van der Waals surface area contributed by atoms with Crippen LogP contribution in [-0.4, -0.2) is 33.8 Å². The summed E-state index contributed by atoms with van der Waals surface area (Å²) in [7, 11) is 5.53. The molecule has 0 spiro atoms. The normalized spacial score (nSPS) is 9.46. The molecular formula is C19H21N3O2. The third-order valence-electron chi connectivity index (χ3n) is 3.27. The van der Waals surface area contributed by atoms with Crippen molar-refractivity contribution in [2.75, 3.05) is 38.0 Å². The molecule has 0 unspecified atom stereocenters. The second kappa shape index (κ2) is 8.49. The number of carbonyl (C=O) groups is 1. The molecule has 24 heavy (non-hydrogen) atoms. The zero-order valence-electron chi connectivity index (χ0n) is 14.1. The Bertz CT molecular complexity index is 760. The average Bonchev–Trinajstić information content (AvgIpc) is 2.59. The molecule has 0 aliphatic heterocycles. The second-order valence-corrected chi connectivity index (χ2v) is 5.25. The number of hydrogen-bond acceptors (Lipinski definition) is 3. The third kappa shape index (κ3) is 4.96. The zero-order valence-corrected chi connectivity index (χ0v) is 14.1. The molecule has 2 rings (SSSR count). The highest BCUT2D eigenvalue weighted by Crippen LogP contribution is 2.17. The van der Waals surface area contributed by atoms with E-state index >= 15 is 0 Å². The molecule has 2 aromatic carbocycles. The molecular weight excluding hydrogens is 302 g/mol. The van der Waals surface area contributed by atoms with Gasteiger partial charge in [-0.2, -0.15) is 0 Å². The van der Waals surface area contributed by atoms with Crippen molar-refractivity contribution < 1.29 is 9.53 Å². The highest BCUT2D eigenvalue weighted by atomic mass is 16.5. The van der Waals surface area contributed by atoms with Crippen molar-refractivity contribution in [1.29, 1.82) is 0 Å². The first kappa shape index (κ1) is 17.2. The van der Waals surface area contributed by atoms with Crippen LogP contribution < -0.4 is 20.3 Å². The van der Waals surface area contributed by atoms with E-state index in [4.69, 9.17) is 4.74 Å². The number of rotatable bonds is 4. The lowest BCUT2D eigenvalue weighted by Crippen LogP contribution is -2.28. The molecule has 2 N–H and O–H groups in total. The first-order chi connectivity index (χ1) is 11.6. The van der Waals surface area contributed by atoms with Gasteiger partial charge in [-0.25, -0.2) is 4.79 Å². The van der Waals surface area contributed by atoms with Crippen molar-refractivity contribution in [3.63, 3.8) is 0 Å². The maximum atomic E-state index is 11.9. The minimum absolute atomic E-state index is 0.261. The van der Waals surface area contributed by atoms with Crippen LogP contribution in [0.3, 0.4) is 0 Å². The standard InChI is InChI=1S/C19H21N3O2/c1-22(2)18-12-5-4-8-15(18)9-7-13-20-19(23)21-16-10-6-11-17(14-16)24-3/h4-6,8,10-12,14H,13H2,1-3H3,(H2,20,21,23). The summed E-state index contributed by atoms with van der Waals surface area (Å²) in [5, 5.41) is 5.45. The van der Waals surface area contributed by atoms with Gasteiger partial charge in [-0.05, 0) is 24.3 Å². The minimum Gasteiger partial charge on any atom is -0.497 e. The second-order valence-electron chi connectivity index (χ2n) is 5.25. The van der Waals surface area contributed by atoms with Crippen LogP contribution in [0.4, 0.5) is 16.2 Å². The Morgan fingerprint density at radius 1 is 1.17 bits per heavy atom. The SMILES string of the molecule is COc1cccc(NC(=O)NCC#Cc2ccccc2N(C)C)c1. The van der Waals surface area contributed by atoms with E-state index in [-0.39, 0.29) is 12.6 Å². The van der Waals surface area contributed by atoms with E-state index in [2.05, 4.69) is 22.5 Å². The summed E-state index contributed by atoms with van der Waals surface area (Å²) in [4.78, 5) is 13.9. The van der Waals surface area contributed by atoms with Crippen molar-refractivity contribution in [3.8, 4) is 17.6 Å². The summed E-state index contributed by atoms with van der Waals surface area (Å²) in [5.41, 5.74) is 2.64. The molecule has 0 saturated heterocycles. The quantitative estimate of drug-likeness (QED) is 0.851. The van der Waals surface area contributed by atoms with Crippen LogP contribution in [0, 0.1) is 11.8 Å². The van der Waals surface area contributed by atoms with E-state index in [1.807, 2.05) is 55.4 Å². The largest absolute Gasteiger partial charge is 0.497 e. The number of benzene rings is 2. The van der Waals surface area contributed by atoms with E-state index < -0.39 is 0 Å². The van der Waals surface area contributed by atoms with Crippen molar-refractivity contribution in [3.05, 3.63) is 54.1 Å². The van der Waals surface area contributed by atoms with Crippen molar-refractivity contribution in [1.82, 2.24) is 5.32 Å². The number of nitrogens with one attached hydrogen (secondary N) is 2. The molecule has 0 saturated carbocycles. The Labute approximate surface area is 142 Å². The summed E-state index contributed by atoms with van der Waals surface area (Å²) in [5.74, 6) is 6.73. The first-order valence-corrected chi connectivity index (χ1v) is 7.54. The summed E-state index contributed by atoms with van der Waals surface area (Å²) < 4.78 is 5.12. The van der Waals surface area contributed by atoms with Gasteiger partial charge in [0.15, 0.2) is 0 Å². The van der Waals surface area contributed by atoms with Gasteiger partial charge < -0.3 is 20.3 Å². The van der Waals surface area contributed by atoms with E-state index in [1.165, 1.54) is 0 Å². The molecule has 0 aliphatic rings. The Kier molecular flexibility index (Phi) is 6.09. The molecule has 0 aromatic heterocycles. The number of para-hydroxylation sites is 1. The fraction of sp³-hybridized carbons (Fsp3) is 0.211. The fourth-order valence-electron chi connectivity index (χ4n) is 2.11. The maximum Gasteiger partial charge on any atom is 0.319 e. The highest BCUT2D eigenvalue weighted by molar-refractivity contribution is 5.89. The number of methoxy groups -OCH3 is 1. The van der Waals surface area contributed by atoms with E-state index in [0.29, 0.717) is 11.4 Å². The van der Waals surface area contributed by atoms with Crippen molar-refractivity contribution in [2.45, 2.75) is 0 Å². The molecule has 0 heterocycles. The smallest absolute Gasteiger partial charge is 0.319 e. The monoisotopic (exact) mass is 323 g/mol. The molecule has 2 aromatic rings. The van der Waals surface area contributed by atoms with E-state index in [9.17, 15) is 4.79 Å². The molecule has 0 atom stereocenters. The Balaban J connectivity index is 1.89.